The number of sulfone groups is 1. The van der Waals surface area contributed by atoms with Crippen molar-refractivity contribution in [2.75, 3.05) is 12.3 Å². The molecule has 0 fully saturated rings. The summed E-state index contributed by atoms with van der Waals surface area (Å²) in [7, 11) is -3.45. The number of fused-ring (bicyclic) bond motifs is 2. The van der Waals surface area contributed by atoms with Crippen LogP contribution in [-0.2, 0) is 46.9 Å². The van der Waals surface area contributed by atoms with E-state index in [0.717, 1.165) is 62.3 Å². The van der Waals surface area contributed by atoms with Crippen LogP contribution in [0.3, 0.4) is 0 Å². The van der Waals surface area contributed by atoms with Gasteiger partial charge in [0.05, 0.1) is 10.6 Å². The van der Waals surface area contributed by atoms with Gasteiger partial charge in [0, 0.05) is 32.4 Å². The molecule has 1 amide bonds. The Morgan fingerprint density at radius 3 is 2.79 bits per heavy atom. The number of aromatic nitrogens is 3. The highest BCUT2D eigenvalue weighted by Gasteiger charge is 2.20. The molecule has 0 atom stereocenters. The van der Waals surface area contributed by atoms with Crippen LogP contribution in [0.25, 0.3) is 0 Å². The number of carbonyl (C=O) groups is 1. The predicted molar refractivity (Wildman–Crippen MR) is 109 cm³/mol. The smallest absolute Gasteiger partial charge is 0.221 e. The fourth-order valence-electron chi connectivity index (χ4n) is 4.22. The fraction of sp³-hybridized carbons (Fsp3) is 0.571. The van der Waals surface area contributed by atoms with Crippen LogP contribution in [0, 0.1) is 0 Å². The number of amides is 1. The Kier molecular flexibility index (Phi) is 5.99. The van der Waals surface area contributed by atoms with Crippen molar-refractivity contribution < 1.29 is 13.2 Å². The molecule has 0 bridgehead atoms. The summed E-state index contributed by atoms with van der Waals surface area (Å²) in [5.74, 6) is 1.51. The van der Waals surface area contributed by atoms with Gasteiger partial charge < -0.3 is 9.88 Å². The lowest BCUT2D eigenvalue weighted by atomic mass is 10.1. The molecule has 156 valence electrons. The van der Waals surface area contributed by atoms with Crippen LogP contribution in [0.5, 0.6) is 0 Å². The van der Waals surface area contributed by atoms with Crippen molar-refractivity contribution >= 4 is 15.7 Å². The molecule has 0 saturated carbocycles. The van der Waals surface area contributed by atoms with Crippen molar-refractivity contribution in [3.8, 4) is 0 Å². The number of hydrogen-bond acceptors (Lipinski definition) is 5. The minimum atomic E-state index is -3.45. The lowest BCUT2D eigenvalue weighted by molar-refractivity contribution is -0.120. The first-order valence-corrected chi connectivity index (χ1v) is 12.2. The molecule has 1 aromatic carbocycles. The van der Waals surface area contributed by atoms with E-state index in [1.807, 2.05) is 6.07 Å². The third kappa shape index (κ3) is 4.69. The van der Waals surface area contributed by atoms with Crippen molar-refractivity contribution in [3.05, 3.63) is 41.0 Å². The summed E-state index contributed by atoms with van der Waals surface area (Å²) in [5.41, 5.74) is 2.37. The van der Waals surface area contributed by atoms with Crippen LogP contribution in [0.15, 0.2) is 23.1 Å². The van der Waals surface area contributed by atoms with Crippen molar-refractivity contribution in [1.29, 1.82) is 0 Å². The largest absolute Gasteiger partial charge is 0.356 e. The van der Waals surface area contributed by atoms with E-state index in [0.29, 0.717) is 17.9 Å². The Morgan fingerprint density at radius 2 is 1.90 bits per heavy atom. The maximum absolute atomic E-state index is 12.6. The van der Waals surface area contributed by atoms with Crippen LogP contribution in [0.1, 0.15) is 54.9 Å². The van der Waals surface area contributed by atoms with Crippen LogP contribution >= 0.6 is 0 Å². The summed E-state index contributed by atoms with van der Waals surface area (Å²) < 4.78 is 27.3. The predicted octanol–water partition coefficient (Wildman–Crippen LogP) is 2.02. The molecule has 7 nitrogen and oxygen atoms in total. The molecule has 29 heavy (non-hydrogen) atoms. The van der Waals surface area contributed by atoms with Gasteiger partial charge in [0.25, 0.3) is 0 Å². The van der Waals surface area contributed by atoms with E-state index in [1.54, 1.807) is 12.1 Å². The van der Waals surface area contributed by atoms with E-state index in [1.165, 1.54) is 12.0 Å². The molecule has 0 radical (unpaired) electrons. The summed E-state index contributed by atoms with van der Waals surface area (Å²) >= 11 is 0. The van der Waals surface area contributed by atoms with Gasteiger partial charge in [0.1, 0.15) is 11.6 Å². The summed E-state index contributed by atoms with van der Waals surface area (Å²) in [5, 5.41) is 11.3. The molecule has 0 saturated heterocycles. The Bertz CT molecular complexity index is 997. The average Bonchev–Trinajstić information content (AvgIpc) is 3.26. The molecular formula is C21H28N4O3S. The molecule has 2 aromatic rings. The third-order valence-corrected chi connectivity index (χ3v) is 7.60. The third-order valence-electron chi connectivity index (χ3n) is 5.88. The molecule has 8 heteroatoms. The Balaban J connectivity index is 1.26. The van der Waals surface area contributed by atoms with Crippen molar-refractivity contribution in [3.63, 3.8) is 0 Å². The van der Waals surface area contributed by atoms with Gasteiger partial charge in [-0.1, -0.05) is 12.5 Å². The number of carbonyl (C=O) groups excluding carboxylic acids is 1. The molecule has 1 aromatic heterocycles. The molecule has 4 rings (SSSR count). The first-order chi connectivity index (χ1) is 14.0. The van der Waals surface area contributed by atoms with E-state index in [9.17, 15) is 13.2 Å². The zero-order valence-electron chi connectivity index (χ0n) is 16.7. The second kappa shape index (κ2) is 8.65. The van der Waals surface area contributed by atoms with E-state index < -0.39 is 9.84 Å². The highest BCUT2D eigenvalue weighted by Crippen LogP contribution is 2.25. The first kappa shape index (κ1) is 20.1. The first-order valence-electron chi connectivity index (χ1n) is 10.6. The lowest BCUT2D eigenvalue weighted by Gasteiger charge is -2.09. The number of nitrogens with one attached hydrogen (secondary N) is 1. The highest BCUT2D eigenvalue weighted by atomic mass is 32.2. The SMILES string of the molecule is O=C(CCS(=O)(=O)c1ccc2c(c1)CCC2)NCCc1nnc2n1CCCCC2. The standard InChI is InChI=1S/C21H28N4O3S/c26-21(22-12-10-20-24-23-19-7-2-1-3-13-25(19)20)11-14-29(27,28)18-9-8-16-5-4-6-17(16)15-18/h8-9,15H,1-7,10-14H2,(H,22,26). The van der Waals surface area contributed by atoms with Crippen molar-refractivity contribution in [1.82, 2.24) is 20.1 Å². The zero-order valence-corrected chi connectivity index (χ0v) is 17.5. The summed E-state index contributed by atoms with van der Waals surface area (Å²) in [4.78, 5) is 12.5. The maximum Gasteiger partial charge on any atom is 0.221 e. The second-order valence-corrected chi connectivity index (χ2v) is 10.1. The highest BCUT2D eigenvalue weighted by molar-refractivity contribution is 7.91. The number of rotatable bonds is 7. The van der Waals surface area contributed by atoms with E-state index in [2.05, 4.69) is 20.1 Å². The van der Waals surface area contributed by atoms with Crippen LogP contribution in [-0.4, -0.2) is 41.4 Å². The Labute approximate surface area is 171 Å². The van der Waals surface area contributed by atoms with Crippen molar-refractivity contribution in [2.24, 2.45) is 0 Å². The molecule has 2 aliphatic rings. The number of benzene rings is 1. The zero-order chi connectivity index (χ0) is 20.3. The van der Waals surface area contributed by atoms with Crippen LogP contribution in [0.4, 0.5) is 0 Å². The molecule has 0 unspecified atom stereocenters. The fourth-order valence-corrected chi connectivity index (χ4v) is 5.51. The molecule has 1 N–H and O–H groups in total. The minimum Gasteiger partial charge on any atom is -0.356 e. The number of nitrogens with zero attached hydrogens (tertiary/aromatic N) is 3. The maximum atomic E-state index is 12.6. The molecule has 1 aliphatic carbocycles. The van der Waals surface area contributed by atoms with Gasteiger partial charge >= 0.3 is 0 Å². The number of hydrogen-bond donors (Lipinski definition) is 1. The van der Waals surface area contributed by atoms with Gasteiger partial charge in [-0.25, -0.2) is 8.42 Å². The quantitative estimate of drug-likeness (QED) is 0.745. The van der Waals surface area contributed by atoms with Crippen LogP contribution < -0.4 is 5.32 Å². The summed E-state index contributed by atoms with van der Waals surface area (Å²) in [6.07, 6.45) is 8.06. The van der Waals surface area contributed by atoms with Gasteiger partial charge in [0.15, 0.2) is 9.84 Å². The van der Waals surface area contributed by atoms with Gasteiger partial charge in [0.2, 0.25) is 5.91 Å². The molecule has 1 aliphatic heterocycles. The van der Waals surface area contributed by atoms with Gasteiger partial charge in [-0.2, -0.15) is 0 Å². The average molecular weight is 417 g/mol. The second-order valence-electron chi connectivity index (χ2n) is 7.95. The van der Waals surface area contributed by atoms with E-state index >= 15 is 0 Å². The lowest BCUT2D eigenvalue weighted by Crippen LogP contribution is -2.28. The molecule has 2 heterocycles. The van der Waals surface area contributed by atoms with Gasteiger partial charge in [-0.3, -0.25) is 4.79 Å². The van der Waals surface area contributed by atoms with E-state index in [-0.39, 0.29) is 18.1 Å². The Morgan fingerprint density at radius 1 is 1.03 bits per heavy atom. The minimum absolute atomic E-state index is 0.0304. The van der Waals surface area contributed by atoms with Gasteiger partial charge in [-0.15, -0.1) is 10.2 Å². The van der Waals surface area contributed by atoms with E-state index in [4.69, 9.17) is 0 Å². The Hall–Kier alpha value is -2.22. The molecular weight excluding hydrogens is 388 g/mol. The van der Waals surface area contributed by atoms with Crippen molar-refractivity contribution in [2.45, 2.75) is 69.2 Å². The molecule has 0 spiro atoms. The monoisotopic (exact) mass is 416 g/mol. The number of aryl methyl sites for hydroxylation is 3. The topological polar surface area (TPSA) is 93.9 Å². The van der Waals surface area contributed by atoms with Crippen LogP contribution in [0.2, 0.25) is 0 Å². The summed E-state index contributed by atoms with van der Waals surface area (Å²) in [6.45, 7) is 1.38. The van der Waals surface area contributed by atoms with Gasteiger partial charge in [-0.05, 0) is 55.4 Å². The normalized spacial score (nSPS) is 16.1. The summed E-state index contributed by atoms with van der Waals surface area (Å²) in [6, 6.07) is 5.37.